The van der Waals surface area contributed by atoms with Crippen LogP contribution >= 0.6 is 11.8 Å². The monoisotopic (exact) mass is 330 g/mol. The van der Waals surface area contributed by atoms with Crippen LogP contribution in [-0.2, 0) is 0 Å². The summed E-state index contributed by atoms with van der Waals surface area (Å²) in [4.78, 5) is 16.8. The largest absolute Gasteiger partial charge is 0.495 e. The lowest BCUT2D eigenvalue weighted by Crippen LogP contribution is -2.20. The standard InChI is InChI=1S/C17H18N2O3S/c1-21-15-7-3-2-6-14(15)19-16(20)13-5-4-9-18-17(13)22-12-8-10-23-11-12/h2-7,9,12H,8,10-11H2,1H3,(H,19,20). The van der Waals surface area contributed by atoms with E-state index in [2.05, 4.69) is 10.3 Å². The van der Waals surface area contributed by atoms with Gasteiger partial charge in [-0.15, -0.1) is 0 Å². The van der Waals surface area contributed by atoms with Gasteiger partial charge in [0.1, 0.15) is 17.4 Å². The highest BCUT2D eigenvalue weighted by atomic mass is 32.2. The van der Waals surface area contributed by atoms with Crippen molar-refractivity contribution in [2.45, 2.75) is 12.5 Å². The summed E-state index contributed by atoms with van der Waals surface area (Å²) in [7, 11) is 1.57. The Kier molecular flexibility index (Phi) is 5.02. The topological polar surface area (TPSA) is 60.5 Å². The van der Waals surface area contributed by atoms with Crippen molar-refractivity contribution in [1.82, 2.24) is 4.98 Å². The zero-order chi connectivity index (χ0) is 16.1. The third-order valence-corrected chi connectivity index (χ3v) is 4.67. The molecule has 5 nitrogen and oxygen atoms in total. The Morgan fingerprint density at radius 2 is 2.17 bits per heavy atom. The molecule has 1 N–H and O–H groups in total. The molecule has 1 aliphatic rings. The summed E-state index contributed by atoms with van der Waals surface area (Å²) in [6.07, 6.45) is 2.74. The number of hydrogen-bond donors (Lipinski definition) is 1. The number of aromatic nitrogens is 1. The first-order valence-electron chi connectivity index (χ1n) is 7.41. The van der Waals surface area contributed by atoms with Crippen molar-refractivity contribution in [2.24, 2.45) is 0 Å². The molecule has 6 heteroatoms. The predicted molar refractivity (Wildman–Crippen MR) is 91.5 cm³/mol. The van der Waals surface area contributed by atoms with Crippen LogP contribution in [-0.4, -0.2) is 35.6 Å². The molecule has 1 aliphatic heterocycles. The highest BCUT2D eigenvalue weighted by Gasteiger charge is 2.21. The number of pyridine rings is 1. The van der Waals surface area contributed by atoms with Crippen molar-refractivity contribution >= 4 is 23.4 Å². The van der Waals surface area contributed by atoms with Gasteiger partial charge in [-0.25, -0.2) is 4.98 Å². The highest BCUT2D eigenvalue weighted by molar-refractivity contribution is 7.99. The maximum Gasteiger partial charge on any atom is 0.261 e. The van der Waals surface area contributed by atoms with Crippen molar-refractivity contribution in [1.29, 1.82) is 0 Å². The van der Waals surface area contributed by atoms with E-state index in [1.807, 2.05) is 23.9 Å². The van der Waals surface area contributed by atoms with Crippen molar-refractivity contribution in [3.63, 3.8) is 0 Å². The van der Waals surface area contributed by atoms with E-state index in [1.54, 1.807) is 37.6 Å². The number of hydrogen-bond acceptors (Lipinski definition) is 5. The van der Waals surface area contributed by atoms with E-state index in [1.165, 1.54) is 0 Å². The molecule has 0 saturated carbocycles. The van der Waals surface area contributed by atoms with E-state index < -0.39 is 0 Å². The maximum atomic E-state index is 12.6. The first-order valence-corrected chi connectivity index (χ1v) is 8.57. The van der Waals surface area contributed by atoms with Crippen LogP contribution in [0.2, 0.25) is 0 Å². The molecule has 3 rings (SSSR count). The van der Waals surface area contributed by atoms with Gasteiger partial charge in [0, 0.05) is 11.9 Å². The van der Waals surface area contributed by atoms with Crippen LogP contribution in [0.1, 0.15) is 16.8 Å². The molecule has 2 aromatic rings. The Bertz CT molecular complexity index is 687. The second-order valence-electron chi connectivity index (χ2n) is 5.11. The fourth-order valence-electron chi connectivity index (χ4n) is 2.36. The number of nitrogens with one attached hydrogen (secondary N) is 1. The summed E-state index contributed by atoms with van der Waals surface area (Å²) in [5.41, 5.74) is 1.04. The van der Waals surface area contributed by atoms with Gasteiger partial charge in [0.25, 0.3) is 5.91 Å². The summed E-state index contributed by atoms with van der Waals surface area (Å²) >= 11 is 1.85. The number of carbonyl (C=O) groups is 1. The number of benzene rings is 1. The lowest BCUT2D eigenvalue weighted by Gasteiger charge is -2.15. The molecular formula is C17H18N2O3S. The normalized spacial score (nSPS) is 16.8. The molecule has 0 spiro atoms. The molecule has 0 aliphatic carbocycles. The number of methoxy groups -OCH3 is 1. The number of anilines is 1. The Morgan fingerprint density at radius 1 is 1.30 bits per heavy atom. The van der Waals surface area contributed by atoms with Crippen molar-refractivity contribution in [3.05, 3.63) is 48.2 Å². The van der Waals surface area contributed by atoms with Crippen LogP contribution in [0.4, 0.5) is 5.69 Å². The van der Waals surface area contributed by atoms with Gasteiger partial charge in [0.15, 0.2) is 0 Å². The van der Waals surface area contributed by atoms with Gasteiger partial charge in [-0.1, -0.05) is 12.1 Å². The first-order chi connectivity index (χ1) is 11.3. The van der Waals surface area contributed by atoms with Gasteiger partial charge < -0.3 is 14.8 Å². The summed E-state index contributed by atoms with van der Waals surface area (Å²) in [5, 5.41) is 2.85. The van der Waals surface area contributed by atoms with Crippen LogP contribution in [0.5, 0.6) is 11.6 Å². The minimum absolute atomic E-state index is 0.118. The van der Waals surface area contributed by atoms with Crippen LogP contribution in [0.25, 0.3) is 0 Å². The third-order valence-electron chi connectivity index (χ3n) is 3.54. The van der Waals surface area contributed by atoms with Crippen LogP contribution < -0.4 is 14.8 Å². The summed E-state index contributed by atoms with van der Waals surface area (Å²) in [6, 6.07) is 10.7. The number of amides is 1. The number of thioether (sulfide) groups is 1. The fraction of sp³-hybridized carbons (Fsp3) is 0.294. The Hall–Kier alpha value is -2.21. The molecule has 2 heterocycles. The summed E-state index contributed by atoms with van der Waals surface area (Å²) in [5.74, 6) is 2.75. The number of carbonyl (C=O) groups excluding carboxylic acids is 1. The average Bonchev–Trinajstić information content (AvgIpc) is 3.09. The van der Waals surface area contributed by atoms with Gasteiger partial charge in [-0.2, -0.15) is 11.8 Å². The molecule has 0 bridgehead atoms. The van der Waals surface area contributed by atoms with Crippen LogP contribution in [0.3, 0.4) is 0 Å². The second kappa shape index (κ2) is 7.37. The molecule has 1 unspecified atom stereocenters. The molecule has 1 fully saturated rings. The van der Waals surface area contributed by atoms with Crippen LogP contribution in [0.15, 0.2) is 42.6 Å². The van der Waals surface area contributed by atoms with Gasteiger partial charge in [-0.05, 0) is 36.4 Å². The first kappa shape index (κ1) is 15.7. The molecule has 120 valence electrons. The zero-order valence-corrected chi connectivity index (χ0v) is 13.6. The van der Waals surface area contributed by atoms with Crippen molar-refractivity contribution in [3.8, 4) is 11.6 Å². The van der Waals surface area contributed by atoms with E-state index in [4.69, 9.17) is 9.47 Å². The van der Waals surface area contributed by atoms with Gasteiger partial charge in [0.05, 0.1) is 12.8 Å². The minimum atomic E-state index is -0.261. The SMILES string of the molecule is COc1ccccc1NC(=O)c1cccnc1OC1CCSC1. The smallest absolute Gasteiger partial charge is 0.261 e. The van der Waals surface area contributed by atoms with Crippen molar-refractivity contribution in [2.75, 3.05) is 23.9 Å². The zero-order valence-electron chi connectivity index (χ0n) is 12.8. The molecule has 23 heavy (non-hydrogen) atoms. The Morgan fingerprint density at radius 3 is 2.96 bits per heavy atom. The highest BCUT2D eigenvalue weighted by Crippen LogP contribution is 2.27. The van der Waals surface area contributed by atoms with Crippen LogP contribution in [0, 0.1) is 0 Å². The van der Waals surface area contributed by atoms with Crippen molar-refractivity contribution < 1.29 is 14.3 Å². The number of rotatable bonds is 5. The fourth-order valence-corrected chi connectivity index (χ4v) is 3.45. The summed E-state index contributed by atoms with van der Waals surface area (Å²) in [6.45, 7) is 0. The molecule has 1 atom stereocenters. The lowest BCUT2D eigenvalue weighted by atomic mass is 10.2. The lowest BCUT2D eigenvalue weighted by molar-refractivity contribution is 0.101. The van der Waals surface area contributed by atoms with E-state index in [0.717, 1.165) is 17.9 Å². The van der Waals surface area contributed by atoms with Gasteiger partial charge in [-0.3, -0.25) is 4.79 Å². The van der Waals surface area contributed by atoms with Gasteiger partial charge >= 0.3 is 0 Å². The molecule has 1 amide bonds. The van der Waals surface area contributed by atoms with E-state index in [-0.39, 0.29) is 12.0 Å². The molecule has 1 aromatic heterocycles. The Labute approximate surface area is 139 Å². The summed E-state index contributed by atoms with van der Waals surface area (Å²) < 4.78 is 11.2. The average molecular weight is 330 g/mol. The third kappa shape index (κ3) is 3.76. The van der Waals surface area contributed by atoms with E-state index >= 15 is 0 Å². The quantitative estimate of drug-likeness (QED) is 0.912. The molecule has 1 saturated heterocycles. The number of ether oxygens (including phenoxy) is 2. The van der Waals surface area contributed by atoms with E-state index in [9.17, 15) is 4.79 Å². The molecule has 1 aromatic carbocycles. The molecular weight excluding hydrogens is 312 g/mol. The Balaban J connectivity index is 1.79. The minimum Gasteiger partial charge on any atom is -0.495 e. The number of para-hydroxylation sites is 2. The second-order valence-corrected chi connectivity index (χ2v) is 6.26. The van der Waals surface area contributed by atoms with E-state index in [0.29, 0.717) is 22.9 Å². The van der Waals surface area contributed by atoms with Gasteiger partial charge in [0.2, 0.25) is 5.88 Å². The number of nitrogens with zero attached hydrogens (tertiary/aromatic N) is 1. The molecule has 0 radical (unpaired) electrons. The maximum absolute atomic E-state index is 12.6. The predicted octanol–water partition coefficient (Wildman–Crippen LogP) is 3.23.